The number of nitrogens with zero attached hydrogens (tertiary/aromatic N) is 1. The lowest BCUT2D eigenvalue weighted by molar-refractivity contribution is 0.409. The van der Waals surface area contributed by atoms with Crippen molar-refractivity contribution in [2.24, 2.45) is 0 Å². The smallest absolute Gasteiger partial charge is 0.151 e. The summed E-state index contributed by atoms with van der Waals surface area (Å²) in [6, 6.07) is 39.8. The molecule has 1 aliphatic heterocycles. The van der Waals surface area contributed by atoms with Gasteiger partial charge in [-0.3, -0.25) is 0 Å². The predicted octanol–water partition coefficient (Wildman–Crippen LogP) is 13.7. The summed E-state index contributed by atoms with van der Waals surface area (Å²) >= 11 is 0. The second-order valence-corrected chi connectivity index (χ2v) is 15.4. The second kappa shape index (κ2) is 11.7. The molecule has 0 saturated heterocycles. The molecular formula is C46H45NO. The van der Waals surface area contributed by atoms with Gasteiger partial charge in [0.15, 0.2) is 11.5 Å². The molecule has 0 amide bonds. The molecule has 0 bridgehead atoms. The van der Waals surface area contributed by atoms with Crippen LogP contribution in [0.1, 0.15) is 123 Å². The van der Waals surface area contributed by atoms with Crippen LogP contribution in [0.3, 0.4) is 0 Å². The maximum Gasteiger partial charge on any atom is 0.151 e. The Hall–Kier alpha value is -4.30. The summed E-state index contributed by atoms with van der Waals surface area (Å²) in [5, 5.41) is 0. The van der Waals surface area contributed by atoms with E-state index in [1.54, 1.807) is 22.3 Å². The first kappa shape index (κ1) is 28.7. The molecule has 5 aromatic rings. The molecule has 0 N–H and O–H groups in total. The van der Waals surface area contributed by atoms with Crippen molar-refractivity contribution in [3.8, 4) is 33.8 Å². The highest BCUT2D eigenvalue weighted by atomic mass is 16.5. The number of ether oxygens (including phenoxy) is 1. The van der Waals surface area contributed by atoms with Crippen LogP contribution in [0.15, 0.2) is 103 Å². The van der Waals surface area contributed by atoms with Crippen LogP contribution in [-0.2, 0) is 0 Å². The van der Waals surface area contributed by atoms with Crippen molar-refractivity contribution in [3.05, 3.63) is 125 Å². The molecule has 10 rings (SSSR count). The average Bonchev–Trinajstić information content (AvgIpc) is 3.00. The number of para-hydroxylation sites is 4. The number of anilines is 3. The van der Waals surface area contributed by atoms with E-state index in [0.717, 1.165) is 22.9 Å². The fourth-order valence-corrected chi connectivity index (χ4v) is 8.65. The van der Waals surface area contributed by atoms with E-state index >= 15 is 0 Å². The lowest BCUT2D eigenvalue weighted by Crippen LogP contribution is -2.16. The molecule has 0 spiro atoms. The van der Waals surface area contributed by atoms with E-state index in [1.165, 1.54) is 105 Å². The molecular weight excluding hydrogens is 583 g/mol. The van der Waals surface area contributed by atoms with Crippen LogP contribution in [0.5, 0.6) is 11.5 Å². The Morgan fingerprint density at radius 2 is 0.750 bits per heavy atom. The van der Waals surface area contributed by atoms with Crippen molar-refractivity contribution in [1.82, 2.24) is 0 Å². The minimum atomic E-state index is 0.716. The Morgan fingerprint density at radius 3 is 1.10 bits per heavy atom. The van der Waals surface area contributed by atoms with E-state index in [0.29, 0.717) is 23.7 Å². The number of hydrogen-bond donors (Lipinski definition) is 0. The molecule has 0 unspecified atom stereocenters. The van der Waals surface area contributed by atoms with Gasteiger partial charge in [0, 0.05) is 5.69 Å². The third-order valence-corrected chi connectivity index (χ3v) is 12.5. The van der Waals surface area contributed by atoms with Crippen LogP contribution < -0.4 is 9.64 Å². The van der Waals surface area contributed by atoms with E-state index in [-0.39, 0.29) is 0 Å². The van der Waals surface area contributed by atoms with Crippen LogP contribution in [0.25, 0.3) is 22.3 Å². The fraction of sp³-hybridized carbons (Fsp3) is 0.348. The zero-order valence-electron chi connectivity index (χ0n) is 28.0. The van der Waals surface area contributed by atoms with Gasteiger partial charge in [0.2, 0.25) is 0 Å². The molecule has 0 atom stereocenters. The van der Waals surface area contributed by atoms with Crippen LogP contribution in [0.2, 0.25) is 0 Å². The Morgan fingerprint density at radius 1 is 0.396 bits per heavy atom. The molecule has 4 fully saturated rings. The van der Waals surface area contributed by atoms with Crippen molar-refractivity contribution in [3.63, 3.8) is 0 Å². The summed E-state index contributed by atoms with van der Waals surface area (Å²) in [6.45, 7) is 0. The van der Waals surface area contributed by atoms with Gasteiger partial charge in [-0.2, -0.15) is 0 Å². The van der Waals surface area contributed by atoms with Crippen molar-refractivity contribution in [2.75, 3.05) is 4.90 Å². The maximum absolute atomic E-state index is 6.46. The van der Waals surface area contributed by atoms with E-state index in [2.05, 4.69) is 108 Å². The summed E-state index contributed by atoms with van der Waals surface area (Å²) in [5.41, 5.74) is 15.1. The van der Waals surface area contributed by atoms with E-state index in [4.69, 9.17) is 4.74 Å². The first-order valence-corrected chi connectivity index (χ1v) is 18.9. The Balaban J connectivity index is 1.19. The third kappa shape index (κ3) is 4.99. The monoisotopic (exact) mass is 627 g/mol. The minimum Gasteiger partial charge on any atom is -0.453 e. The largest absolute Gasteiger partial charge is 0.453 e. The van der Waals surface area contributed by atoms with Gasteiger partial charge in [0.05, 0.1) is 11.4 Å². The van der Waals surface area contributed by atoms with Crippen LogP contribution >= 0.6 is 0 Å². The average molecular weight is 628 g/mol. The lowest BCUT2D eigenvalue weighted by atomic mass is 9.74. The molecule has 240 valence electrons. The molecule has 2 heteroatoms. The summed E-state index contributed by atoms with van der Waals surface area (Å²) in [4.78, 5) is 2.44. The molecule has 0 aromatic heterocycles. The van der Waals surface area contributed by atoms with Crippen molar-refractivity contribution < 1.29 is 4.74 Å². The minimum absolute atomic E-state index is 0.716. The lowest BCUT2D eigenvalue weighted by Gasteiger charge is -2.34. The highest BCUT2D eigenvalue weighted by Crippen LogP contribution is 2.52. The third-order valence-electron chi connectivity index (χ3n) is 12.5. The molecule has 5 aliphatic rings. The van der Waals surface area contributed by atoms with Crippen molar-refractivity contribution in [2.45, 2.75) is 101 Å². The van der Waals surface area contributed by atoms with Gasteiger partial charge in [0.25, 0.3) is 0 Å². The second-order valence-electron chi connectivity index (χ2n) is 15.4. The highest BCUT2D eigenvalue weighted by Gasteiger charge is 2.29. The van der Waals surface area contributed by atoms with Gasteiger partial charge in [-0.15, -0.1) is 0 Å². The zero-order valence-corrected chi connectivity index (χ0v) is 28.0. The molecule has 48 heavy (non-hydrogen) atoms. The molecule has 0 radical (unpaired) electrons. The van der Waals surface area contributed by atoms with Gasteiger partial charge >= 0.3 is 0 Å². The molecule has 4 saturated carbocycles. The van der Waals surface area contributed by atoms with Crippen LogP contribution in [0, 0.1) is 0 Å². The molecule has 4 aliphatic carbocycles. The summed E-state index contributed by atoms with van der Waals surface area (Å²) < 4.78 is 6.46. The maximum atomic E-state index is 6.46. The van der Waals surface area contributed by atoms with Gasteiger partial charge in [-0.1, -0.05) is 86.3 Å². The number of rotatable bonds is 7. The standard InChI is InChI=1S/C46H45NO/c1-3-19-45-43(17-1)47(44-18-2-4-20-46(44)48-45)42-28-40(38-23-34(30-9-5-10-30)21-35(24-38)31-11-6-12-31)27-41(29-42)39-25-36(32-13-7-14-32)22-37(26-39)33-15-8-16-33/h1-4,17-33H,5-16H2. The van der Waals surface area contributed by atoms with Crippen LogP contribution in [0.4, 0.5) is 17.1 Å². The normalized spacial score (nSPS) is 19.3. The number of benzene rings is 5. The van der Waals surface area contributed by atoms with E-state index in [1.807, 2.05) is 0 Å². The molecule has 1 heterocycles. The molecule has 2 nitrogen and oxygen atoms in total. The van der Waals surface area contributed by atoms with Crippen molar-refractivity contribution >= 4 is 17.1 Å². The van der Waals surface area contributed by atoms with Gasteiger partial charge in [-0.25, -0.2) is 0 Å². The van der Waals surface area contributed by atoms with Gasteiger partial charge < -0.3 is 9.64 Å². The first-order valence-electron chi connectivity index (χ1n) is 18.9. The quantitative estimate of drug-likeness (QED) is 0.175. The topological polar surface area (TPSA) is 12.5 Å². The zero-order chi connectivity index (χ0) is 31.6. The number of hydrogen-bond acceptors (Lipinski definition) is 2. The summed E-state index contributed by atoms with van der Waals surface area (Å²) in [7, 11) is 0. The fourth-order valence-electron chi connectivity index (χ4n) is 8.65. The highest BCUT2D eigenvalue weighted by molar-refractivity contribution is 5.90. The van der Waals surface area contributed by atoms with Gasteiger partial charge in [-0.05, 0) is 162 Å². The van der Waals surface area contributed by atoms with E-state index < -0.39 is 0 Å². The predicted molar refractivity (Wildman–Crippen MR) is 198 cm³/mol. The SMILES string of the molecule is c1ccc2c(c1)Oc1ccccc1N2c1cc(-c2cc(C3CCC3)cc(C3CCC3)c2)cc(-c2cc(C3CCC3)cc(C3CCC3)c2)c1. The summed E-state index contributed by atoms with van der Waals surface area (Å²) in [5.74, 6) is 4.67. The Bertz CT molecular complexity index is 1800. The van der Waals surface area contributed by atoms with Crippen LogP contribution in [-0.4, -0.2) is 0 Å². The van der Waals surface area contributed by atoms with E-state index in [9.17, 15) is 0 Å². The number of fused-ring (bicyclic) bond motifs is 2. The van der Waals surface area contributed by atoms with Crippen molar-refractivity contribution in [1.29, 1.82) is 0 Å². The molecule has 5 aromatic carbocycles. The Kier molecular flexibility index (Phi) is 6.99. The Labute approximate surface area is 285 Å². The first-order chi connectivity index (χ1) is 23.7. The van der Waals surface area contributed by atoms with Gasteiger partial charge in [0.1, 0.15) is 0 Å². The summed E-state index contributed by atoms with van der Waals surface area (Å²) in [6.07, 6.45) is 16.1.